The molecule has 0 amide bonds. The molecule has 0 bridgehead atoms. The number of halogens is 4. The third-order valence-corrected chi connectivity index (χ3v) is 4.96. The van der Waals surface area contributed by atoms with Gasteiger partial charge >= 0.3 is 0 Å². The van der Waals surface area contributed by atoms with Gasteiger partial charge in [0.15, 0.2) is 0 Å². The summed E-state index contributed by atoms with van der Waals surface area (Å²) in [5.74, 6) is 0. The largest absolute Gasteiger partial charge is 0.0835 e. The SMILES string of the molecule is Clc1cc(Cl)c(-c2ccccc2-c2ccccc2)c(Cl)c1Cl. The molecule has 0 aliphatic heterocycles. The minimum Gasteiger partial charge on any atom is -0.0835 e. The monoisotopic (exact) mass is 366 g/mol. The lowest BCUT2D eigenvalue weighted by Gasteiger charge is -2.14. The molecule has 3 rings (SSSR count). The van der Waals surface area contributed by atoms with E-state index in [1.54, 1.807) is 6.07 Å². The second-order valence-electron chi connectivity index (χ2n) is 4.75. The Hall–Kier alpha value is -1.18. The van der Waals surface area contributed by atoms with Gasteiger partial charge in [0.1, 0.15) is 0 Å². The number of hydrogen-bond acceptors (Lipinski definition) is 0. The van der Waals surface area contributed by atoms with Crippen molar-refractivity contribution in [3.63, 3.8) is 0 Å². The Morgan fingerprint density at radius 3 is 1.82 bits per heavy atom. The van der Waals surface area contributed by atoms with E-state index in [0.29, 0.717) is 25.7 Å². The van der Waals surface area contributed by atoms with Crippen LogP contribution in [-0.4, -0.2) is 0 Å². The first-order valence-corrected chi connectivity index (χ1v) is 8.08. The van der Waals surface area contributed by atoms with Crippen molar-refractivity contribution in [3.05, 3.63) is 80.8 Å². The highest BCUT2D eigenvalue weighted by Crippen LogP contribution is 2.45. The van der Waals surface area contributed by atoms with Crippen LogP contribution in [0.4, 0.5) is 0 Å². The van der Waals surface area contributed by atoms with Gasteiger partial charge in [0.2, 0.25) is 0 Å². The fraction of sp³-hybridized carbons (Fsp3) is 0. The maximum absolute atomic E-state index is 6.40. The molecule has 0 saturated heterocycles. The predicted molar refractivity (Wildman–Crippen MR) is 97.4 cm³/mol. The second-order valence-corrected chi connectivity index (χ2v) is 6.33. The van der Waals surface area contributed by atoms with Crippen molar-refractivity contribution >= 4 is 46.4 Å². The Bertz CT molecular complexity index is 826. The smallest absolute Gasteiger partial charge is 0.0785 e. The fourth-order valence-corrected chi connectivity index (χ4v) is 3.50. The van der Waals surface area contributed by atoms with Crippen LogP contribution in [0.25, 0.3) is 22.3 Å². The van der Waals surface area contributed by atoms with Gasteiger partial charge in [0.05, 0.1) is 20.1 Å². The highest BCUT2D eigenvalue weighted by atomic mass is 35.5. The summed E-state index contributed by atoms with van der Waals surface area (Å²) in [5.41, 5.74) is 3.72. The van der Waals surface area contributed by atoms with Gasteiger partial charge in [0.25, 0.3) is 0 Å². The minimum atomic E-state index is 0.311. The molecule has 0 heterocycles. The number of hydrogen-bond donors (Lipinski definition) is 0. The van der Waals surface area contributed by atoms with Crippen LogP contribution < -0.4 is 0 Å². The molecule has 110 valence electrons. The van der Waals surface area contributed by atoms with E-state index in [1.165, 1.54) is 0 Å². The first-order chi connectivity index (χ1) is 10.6. The van der Waals surface area contributed by atoms with Crippen LogP contribution >= 0.6 is 46.4 Å². The van der Waals surface area contributed by atoms with Crippen LogP contribution in [0.5, 0.6) is 0 Å². The van der Waals surface area contributed by atoms with Gasteiger partial charge in [-0.2, -0.15) is 0 Å². The Morgan fingerprint density at radius 1 is 0.545 bits per heavy atom. The maximum atomic E-state index is 6.40. The molecule has 3 aromatic rings. The van der Waals surface area contributed by atoms with Gasteiger partial charge in [0, 0.05) is 5.56 Å². The minimum absolute atomic E-state index is 0.311. The summed E-state index contributed by atoms with van der Waals surface area (Å²) in [6.45, 7) is 0. The van der Waals surface area contributed by atoms with E-state index in [9.17, 15) is 0 Å². The van der Waals surface area contributed by atoms with Crippen LogP contribution in [-0.2, 0) is 0 Å². The molecule has 0 radical (unpaired) electrons. The zero-order valence-electron chi connectivity index (χ0n) is 11.3. The van der Waals surface area contributed by atoms with Gasteiger partial charge in [-0.15, -0.1) is 0 Å². The summed E-state index contributed by atoms with van der Waals surface area (Å²) >= 11 is 25.0. The third-order valence-electron chi connectivity index (χ3n) is 3.40. The van der Waals surface area contributed by atoms with Crippen molar-refractivity contribution in [2.75, 3.05) is 0 Å². The molecule has 0 aliphatic rings. The maximum Gasteiger partial charge on any atom is 0.0785 e. The van der Waals surface area contributed by atoms with E-state index in [1.807, 2.05) is 54.6 Å². The Morgan fingerprint density at radius 2 is 1.14 bits per heavy atom. The number of rotatable bonds is 2. The first-order valence-electron chi connectivity index (χ1n) is 6.57. The average molecular weight is 368 g/mol. The molecule has 0 aliphatic carbocycles. The van der Waals surface area contributed by atoms with Crippen molar-refractivity contribution in [2.45, 2.75) is 0 Å². The van der Waals surface area contributed by atoms with Crippen molar-refractivity contribution in [2.24, 2.45) is 0 Å². The highest BCUT2D eigenvalue weighted by Gasteiger charge is 2.18. The lowest BCUT2D eigenvalue weighted by Crippen LogP contribution is -1.88. The molecular formula is C18H10Cl4. The Kier molecular flexibility index (Phi) is 4.65. The molecule has 0 N–H and O–H groups in total. The summed E-state index contributed by atoms with van der Waals surface area (Å²) in [7, 11) is 0. The van der Waals surface area contributed by atoms with E-state index in [0.717, 1.165) is 16.7 Å². The summed E-state index contributed by atoms with van der Waals surface area (Å²) in [5, 5.41) is 1.49. The van der Waals surface area contributed by atoms with Crippen LogP contribution in [0.1, 0.15) is 0 Å². The molecule has 0 saturated carbocycles. The van der Waals surface area contributed by atoms with Crippen molar-refractivity contribution in [1.82, 2.24) is 0 Å². The molecule has 22 heavy (non-hydrogen) atoms. The molecule has 0 aromatic heterocycles. The molecular weight excluding hydrogens is 358 g/mol. The van der Waals surface area contributed by atoms with Gasteiger partial charge in [-0.25, -0.2) is 0 Å². The Labute approximate surface area is 149 Å². The average Bonchev–Trinajstić information content (AvgIpc) is 2.54. The highest BCUT2D eigenvalue weighted by molar-refractivity contribution is 6.51. The van der Waals surface area contributed by atoms with Crippen LogP contribution in [0.15, 0.2) is 60.7 Å². The lowest BCUT2D eigenvalue weighted by molar-refractivity contribution is 1.58. The standard InChI is InChI=1S/C18H10Cl4/c19-14-10-15(20)17(21)18(22)16(14)13-9-5-4-8-12(13)11-6-2-1-3-7-11/h1-10H. The molecule has 0 atom stereocenters. The molecule has 3 aromatic carbocycles. The van der Waals surface area contributed by atoms with Crippen LogP contribution in [0, 0.1) is 0 Å². The summed E-state index contributed by atoms with van der Waals surface area (Å²) in [6.07, 6.45) is 0. The summed E-state index contributed by atoms with van der Waals surface area (Å²) in [4.78, 5) is 0. The molecule has 0 spiro atoms. The van der Waals surface area contributed by atoms with E-state index >= 15 is 0 Å². The third kappa shape index (κ3) is 2.85. The summed E-state index contributed by atoms with van der Waals surface area (Å²) in [6, 6.07) is 19.6. The zero-order chi connectivity index (χ0) is 15.7. The molecule has 4 heteroatoms. The second kappa shape index (κ2) is 6.52. The molecule has 0 nitrogen and oxygen atoms in total. The molecule has 0 fully saturated rings. The zero-order valence-corrected chi connectivity index (χ0v) is 14.3. The van der Waals surface area contributed by atoms with Gasteiger partial charge in [-0.05, 0) is 22.8 Å². The van der Waals surface area contributed by atoms with E-state index in [2.05, 4.69) is 0 Å². The number of benzene rings is 3. The fourth-order valence-electron chi connectivity index (χ4n) is 2.38. The Balaban J connectivity index is 2.30. The normalized spacial score (nSPS) is 10.7. The lowest BCUT2D eigenvalue weighted by atomic mass is 9.94. The van der Waals surface area contributed by atoms with Crippen molar-refractivity contribution in [1.29, 1.82) is 0 Å². The molecule has 0 unspecified atom stereocenters. The van der Waals surface area contributed by atoms with Crippen molar-refractivity contribution < 1.29 is 0 Å². The van der Waals surface area contributed by atoms with E-state index in [-0.39, 0.29) is 0 Å². The van der Waals surface area contributed by atoms with Gasteiger partial charge in [-0.1, -0.05) is 101 Å². The summed E-state index contributed by atoms with van der Waals surface area (Å²) < 4.78 is 0. The van der Waals surface area contributed by atoms with Gasteiger partial charge in [-0.3, -0.25) is 0 Å². The van der Waals surface area contributed by atoms with E-state index in [4.69, 9.17) is 46.4 Å². The van der Waals surface area contributed by atoms with Gasteiger partial charge < -0.3 is 0 Å². The topological polar surface area (TPSA) is 0 Å². The van der Waals surface area contributed by atoms with E-state index < -0.39 is 0 Å². The van der Waals surface area contributed by atoms with Crippen LogP contribution in [0.2, 0.25) is 20.1 Å². The predicted octanol–water partition coefficient (Wildman–Crippen LogP) is 7.63. The van der Waals surface area contributed by atoms with Crippen LogP contribution in [0.3, 0.4) is 0 Å². The van der Waals surface area contributed by atoms with Crippen molar-refractivity contribution in [3.8, 4) is 22.3 Å². The quantitative estimate of drug-likeness (QED) is 0.322. The first kappa shape index (κ1) is 15.7.